The zero-order chi connectivity index (χ0) is 23.9. The predicted molar refractivity (Wildman–Crippen MR) is 138 cm³/mol. The molecule has 0 aliphatic carbocycles. The molecular formula is C22H26B3N7O2. The Morgan fingerprint density at radius 2 is 1.97 bits per heavy atom. The van der Waals surface area contributed by atoms with Crippen LogP contribution in [0.3, 0.4) is 0 Å². The van der Waals surface area contributed by atoms with E-state index in [0.29, 0.717) is 11.7 Å². The number of pyridine rings is 2. The first-order valence-corrected chi connectivity index (χ1v) is 11.5. The fraction of sp³-hybridized carbons (Fsp3) is 0.318. The quantitative estimate of drug-likeness (QED) is 0.425. The van der Waals surface area contributed by atoms with Gasteiger partial charge < -0.3 is 14.6 Å². The van der Waals surface area contributed by atoms with Crippen LogP contribution in [0.4, 0.5) is 5.82 Å². The summed E-state index contributed by atoms with van der Waals surface area (Å²) in [5.74, 6) is 0.947. The third kappa shape index (κ3) is 4.63. The summed E-state index contributed by atoms with van der Waals surface area (Å²) in [4.78, 5) is 28.6. The minimum atomic E-state index is -0.350. The number of oxazole rings is 1. The highest BCUT2D eigenvalue weighted by molar-refractivity contribution is 6.56. The minimum Gasteiger partial charge on any atom is -0.448 e. The zero-order valence-electron chi connectivity index (χ0n) is 19.9. The first kappa shape index (κ1) is 22.4. The summed E-state index contributed by atoms with van der Waals surface area (Å²) in [6.07, 6.45) is 8.89. The molecule has 34 heavy (non-hydrogen) atoms. The van der Waals surface area contributed by atoms with E-state index in [0.717, 1.165) is 48.1 Å². The lowest BCUT2D eigenvalue weighted by molar-refractivity contribution is 0.102. The van der Waals surface area contributed by atoms with Crippen molar-refractivity contribution in [3.05, 3.63) is 54.6 Å². The fourth-order valence-corrected chi connectivity index (χ4v) is 4.08. The van der Waals surface area contributed by atoms with Crippen LogP contribution in [-0.2, 0) is 5.24 Å². The van der Waals surface area contributed by atoms with Crippen LogP contribution in [0.2, 0.25) is 0 Å². The van der Waals surface area contributed by atoms with Crippen LogP contribution < -0.4 is 5.32 Å². The lowest BCUT2D eigenvalue weighted by Crippen LogP contribution is -2.35. The van der Waals surface area contributed by atoms with Crippen molar-refractivity contribution in [1.29, 1.82) is 0 Å². The maximum absolute atomic E-state index is 12.8. The molecule has 0 atom stereocenters. The molecule has 1 saturated heterocycles. The number of rotatable bonds is 5. The van der Waals surface area contributed by atoms with Crippen LogP contribution in [0.15, 0.2) is 47.5 Å². The number of nitrogens with one attached hydrogen (secondary N) is 1. The van der Waals surface area contributed by atoms with Gasteiger partial charge in [0.15, 0.2) is 11.6 Å². The smallest absolute Gasteiger partial charge is 0.278 e. The van der Waals surface area contributed by atoms with E-state index >= 15 is 0 Å². The van der Waals surface area contributed by atoms with Gasteiger partial charge >= 0.3 is 0 Å². The molecule has 5 heterocycles. The van der Waals surface area contributed by atoms with Crippen molar-refractivity contribution >= 4 is 46.2 Å². The van der Waals surface area contributed by atoms with Gasteiger partial charge in [-0.3, -0.25) is 9.48 Å². The molecule has 9 nitrogen and oxygen atoms in total. The summed E-state index contributed by atoms with van der Waals surface area (Å²) < 4.78 is 7.55. The number of aromatic nitrogens is 5. The highest BCUT2D eigenvalue weighted by Crippen LogP contribution is 2.27. The van der Waals surface area contributed by atoms with Gasteiger partial charge in [0.1, 0.15) is 35.6 Å². The first-order chi connectivity index (χ1) is 16.3. The predicted octanol–water partition coefficient (Wildman–Crippen LogP) is 0.00990. The van der Waals surface area contributed by atoms with Gasteiger partial charge in [0, 0.05) is 35.3 Å². The lowest BCUT2D eigenvalue weighted by atomic mass is 9.49. The molecular weight excluding hydrogens is 427 g/mol. The number of carbonyl (C=O) groups is 1. The number of hydrogen-bond donors (Lipinski definition) is 1. The average molecular weight is 453 g/mol. The molecule has 4 aromatic heterocycles. The molecule has 0 aromatic carbocycles. The Morgan fingerprint density at radius 1 is 1.18 bits per heavy atom. The second-order valence-electron chi connectivity index (χ2n) is 9.91. The molecule has 1 aliphatic heterocycles. The van der Waals surface area contributed by atoms with Crippen molar-refractivity contribution in [3.63, 3.8) is 0 Å². The fourth-order valence-electron chi connectivity index (χ4n) is 4.08. The Morgan fingerprint density at radius 3 is 2.71 bits per heavy atom. The molecule has 5 rings (SSSR count). The van der Waals surface area contributed by atoms with Crippen molar-refractivity contribution in [2.45, 2.75) is 24.0 Å². The number of carbonyl (C=O) groups excluding carboxylic acids is 1. The molecule has 12 heteroatoms. The largest absolute Gasteiger partial charge is 0.448 e. The normalized spacial score (nSPS) is 15.6. The maximum Gasteiger partial charge on any atom is 0.278 e. The molecule has 170 valence electrons. The number of piperidine rings is 1. The molecule has 4 aromatic rings. The van der Waals surface area contributed by atoms with E-state index in [2.05, 4.69) is 55.9 Å². The summed E-state index contributed by atoms with van der Waals surface area (Å²) in [5, 5.41) is 8.06. The SMILES string of the molecule is BC(B)(B)n1cc(-c2ccc3cnc(NC(=O)c4coc(C5CCN(C)CC5)n4)cc3n2)cn1. The second kappa shape index (κ2) is 8.75. The van der Waals surface area contributed by atoms with Gasteiger partial charge in [0.2, 0.25) is 0 Å². The van der Waals surface area contributed by atoms with Crippen molar-refractivity contribution in [2.24, 2.45) is 0 Å². The molecule has 1 aliphatic rings. The van der Waals surface area contributed by atoms with Gasteiger partial charge in [-0.15, -0.1) is 0 Å². The summed E-state index contributed by atoms with van der Waals surface area (Å²) in [6.45, 7) is 2.00. The van der Waals surface area contributed by atoms with Crippen molar-refractivity contribution in [1.82, 2.24) is 29.6 Å². The number of likely N-dealkylation sites (tertiary alicyclic amines) is 1. The summed E-state index contributed by atoms with van der Waals surface area (Å²) in [6, 6.07) is 5.69. The molecule has 0 unspecified atom stereocenters. The van der Waals surface area contributed by atoms with Crippen LogP contribution in [0.1, 0.15) is 35.1 Å². The van der Waals surface area contributed by atoms with Crippen LogP contribution in [0.5, 0.6) is 0 Å². The zero-order valence-corrected chi connectivity index (χ0v) is 19.9. The molecule has 0 bridgehead atoms. The van der Waals surface area contributed by atoms with E-state index in [9.17, 15) is 4.79 Å². The van der Waals surface area contributed by atoms with Gasteiger partial charge in [0.25, 0.3) is 5.91 Å². The molecule has 1 N–H and O–H groups in total. The Hall–Kier alpha value is -3.40. The summed E-state index contributed by atoms with van der Waals surface area (Å²) in [7, 11) is 8.41. The third-order valence-corrected chi connectivity index (χ3v) is 6.20. The Labute approximate surface area is 200 Å². The molecule has 0 radical (unpaired) electrons. The van der Waals surface area contributed by atoms with E-state index in [1.54, 1.807) is 12.3 Å². The lowest BCUT2D eigenvalue weighted by Gasteiger charge is -2.26. The summed E-state index contributed by atoms with van der Waals surface area (Å²) in [5.41, 5.74) is 2.74. The van der Waals surface area contributed by atoms with Gasteiger partial charge in [-0.05, 0) is 50.3 Å². The van der Waals surface area contributed by atoms with Gasteiger partial charge in [-0.1, -0.05) is 0 Å². The number of fused-ring (bicyclic) bond motifs is 1. The number of nitrogens with zero attached hydrogens (tertiary/aromatic N) is 6. The highest BCUT2D eigenvalue weighted by atomic mass is 16.3. The average Bonchev–Trinajstić information content (AvgIpc) is 3.49. The maximum atomic E-state index is 12.8. The van der Waals surface area contributed by atoms with Crippen LogP contribution in [0, 0.1) is 0 Å². The third-order valence-electron chi connectivity index (χ3n) is 6.20. The molecule has 1 fully saturated rings. The molecule has 0 spiro atoms. The van der Waals surface area contributed by atoms with Crippen LogP contribution in [-0.4, -0.2) is 79.2 Å². The number of anilines is 1. The van der Waals surface area contributed by atoms with Gasteiger partial charge in [-0.2, -0.15) is 5.10 Å². The topological polar surface area (TPSA) is 102 Å². The van der Waals surface area contributed by atoms with Crippen LogP contribution >= 0.6 is 0 Å². The standard InChI is InChI=1S/C22H26B3N7O2/c1-31-6-4-13(5-7-31)21-29-18(12-34-21)20(33)30-19-8-17-14(9-26-19)2-3-16(28-17)15-10-27-32(11-15)22(23,24)25/h2-3,8-13H,4-7,23-25H2,1H3,(H,26,30,33). The number of hydrogen-bond acceptors (Lipinski definition) is 7. The van der Waals surface area contributed by atoms with Crippen molar-refractivity contribution in [2.75, 3.05) is 25.5 Å². The van der Waals surface area contributed by atoms with E-state index in [1.165, 1.54) is 6.26 Å². The highest BCUT2D eigenvalue weighted by Gasteiger charge is 2.24. The molecule has 0 saturated carbocycles. The van der Waals surface area contributed by atoms with Gasteiger partial charge in [-0.25, -0.2) is 15.0 Å². The first-order valence-electron chi connectivity index (χ1n) is 11.5. The van der Waals surface area contributed by atoms with Gasteiger partial charge in [0.05, 0.1) is 17.4 Å². The minimum absolute atomic E-state index is 0.106. The Bertz CT molecular complexity index is 1340. The van der Waals surface area contributed by atoms with Crippen molar-refractivity contribution < 1.29 is 9.21 Å². The van der Waals surface area contributed by atoms with Crippen LogP contribution in [0.25, 0.3) is 22.2 Å². The second-order valence-corrected chi connectivity index (χ2v) is 9.91. The summed E-state index contributed by atoms with van der Waals surface area (Å²) >= 11 is 0. The Balaban J connectivity index is 1.33. The monoisotopic (exact) mass is 453 g/mol. The van der Waals surface area contributed by atoms with E-state index in [1.807, 2.05) is 29.2 Å². The van der Waals surface area contributed by atoms with E-state index in [-0.39, 0.29) is 22.8 Å². The van der Waals surface area contributed by atoms with Crippen molar-refractivity contribution in [3.8, 4) is 11.3 Å². The van der Waals surface area contributed by atoms with E-state index < -0.39 is 0 Å². The van der Waals surface area contributed by atoms with E-state index in [4.69, 9.17) is 9.40 Å². The number of amides is 1. The Kier molecular flexibility index (Phi) is 5.77. The molecule has 1 amide bonds.